The van der Waals surface area contributed by atoms with Crippen LogP contribution in [0.3, 0.4) is 0 Å². The van der Waals surface area contributed by atoms with E-state index in [-0.39, 0.29) is 30.2 Å². The quantitative estimate of drug-likeness (QED) is 0.892. The number of halogens is 2. The van der Waals surface area contributed by atoms with Crippen LogP contribution in [0.2, 0.25) is 0 Å². The summed E-state index contributed by atoms with van der Waals surface area (Å²) < 4.78 is 13.3. The molecule has 0 saturated carbocycles. The molecule has 1 saturated heterocycles. The van der Waals surface area contributed by atoms with Crippen LogP contribution < -0.4 is 10.6 Å². The lowest BCUT2D eigenvalue weighted by molar-refractivity contribution is -0.122. The smallest absolute Gasteiger partial charge is 0.220 e. The molecule has 1 amide bonds. The summed E-state index contributed by atoms with van der Waals surface area (Å²) in [6.45, 7) is 2.14. The van der Waals surface area contributed by atoms with Crippen LogP contribution in [0, 0.1) is 11.7 Å². The Morgan fingerprint density at radius 2 is 2.05 bits per heavy atom. The lowest BCUT2D eigenvalue weighted by Gasteiger charge is -2.22. The van der Waals surface area contributed by atoms with E-state index >= 15 is 0 Å². The molecule has 0 radical (unpaired) electrons. The summed E-state index contributed by atoms with van der Waals surface area (Å²) in [5, 5.41) is 6.42. The number of hydrogen-bond acceptors (Lipinski definition) is 2. The van der Waals surface area contributed by atoms with Crippen molar-refractivity contribution in [3.05, 3.63) is 35.1 Å². The summed E-state index contributed by atoms with van der Waals surface area (Å²) >= 11 is 0. The highest BCUT2D eigenvalue weighted by molar-refractivity contribution is 5.85. The van der Waals surface area contributed by atoms with Gasteiger partial charge >= 0.3 is 0 Å². The van der Waals surface area contributed by atoms with Crippen molar-refractivity contribution < 1.29 is 9.18 Å². The fourth-order valence-electron chi connectivity index (χ4n) is 3.50. The second kappa shape index (κ2) is 7.93. The second-order valence-corrected chi connectivity index (χ2v) is 6.23. The van der Waals surface area contributed by atoms with Crippen LogP contribution in [0.5, 0.6) is 0 Å². The van der Waals surface area contributed by atoms with E-state index in [4.69, 9.17) is 0 Å². The van der Waals surface area contributed by atoms with Gasteiger partial charge in [-0.15, -0.1) is 12.4 Å². The molecule has 1 atom stereocenters. The van der Waals surface area contributed by atoms with Crippen molar-refractivity contribution in [2.24, 2.45) is 5.92 Å². The third-order valence-corrected chi connectivity index (χ3v) is 4.76. The summed E-state index contributed by atoms with van der Waals surface area (Å²) in [6, 6.07) is 4.91. The number of carbonyl (C=O) groups excluding carboxylic acids is 1. The minimum atomic E-state index is -0.218. The third kappa shape index (κ3) is 4.20. The highest BCUT2D eigenvalue weighted by Gasteiger charge is 2.24. The van der Waals surface area contributed by atoms with E-state index in [1.54, 1.807) is 6.07 Å². The summed E-state index contributed by atoms with van der Waals surface area (Å²) in [4.78, 5) is 12.1. The van der Waals surface area contributed by atoms with Crippen LogP contribution in [0.15, 0.2) is 18.2 Å². The van der Waals surface area contributed by atoms with E-state index in [0.29, 0.717) is 12.3 Å². The zero-order valence-electron chi connectivity index (χ0n) is 12.7. The molecule has 1 heterocycles. The van der Waals surface area contributed by atoms with Crippen LogP contribution in [0.25, 0.3) is 0 Å². The molecule has 0 bridgehead atoms. The van der Waals surface area contributed by atoms with Gasteiger partial charge in [-0.05, 0) is 74.4 Å². The van der Waals surface area contributed by atoms with Crippen molar-refractivity contribution in [3.63, 3.8) is 0 Å². The number of hydrogen-bond donors (Lipinski definition) is 2. The second-order valence-electron chi connectivity index (χ2n) is 6.23. The largest absolute Gasteiger partial charge is 0.349 e. The van der Waals surface area contributed by atoms with Gasteiger partial charge in [-0.1, -0.05) is 6.07 Å². The lowest BCUT2D eigenvalue weighted by Crippen LogP contribution is -2.30. The Balaban J connectivity index is 0.00000176. The normalized spacial score (nSPS) is 21.0. The first-order valence-corrected chi connectivity index (χ1v) is 8.01. The van der Waals surface area contributed by atoms with Crippen LogP contribution in [0.1, 0.15) is 49.3 Å². The SMILES string of the molecule is Cl.O=C(CCC1CCNCC1)NC1CCc2ccc(F)cc21. The molecule has 1 aromatic carbocycles. The molecule has 1 aromatic rings. The first-order valence-electron chi connectivity index (χ1n) is 8.01. The number of amides is 1. The number of piperidine rings is 1. The Bertz CT molecular complexity index is 517. The summed E-state index contributed by atoms with van der Waals surface area (Å²) in [5.41, 5.74) is 2.13. The molecule has 22 heavy (non-hydrogen) atoms. The number of aryl methyl sites for hydroxylation is 1. The van der Waals surface area contributed by atoms with Crippen LogP contribution in [-0.4, -0.2) is 19.0 Å². The van der Waals surface area contributed by atoms with Crippen molar-refractivity contribution in [2.45, 2.75) is 44.6 Å². The Hall–Kier alpha value is -1.13. The molecule has 1 unspecified atom stereocenters. The molecule has 2 aliphatic rings. The minimum Gasteiger partial charge on any atom is -0.349 e. The molecule has 1 aliphatic heterocycles. The zero-order chi connectivity index (χ0) is 14.7. The average Bonchev–Trinajstić information content (AvgIpc) is 2.88. The molecule has 1 fully saturated rings. The number of benzene rings is 1. The van der Waals surface area contributed by atoms with Gasteiger partial charge in [0.25, 0.3) is 0 Å². The fourth-order valence-corrected chi connectivity index (χ4v) is 3.50. The first kappa shape index (κ1) is 17.2. The minimum absolute atomic E-state index is 0. The molecule has 0 aromatic heterocycles. The van der Waals surface area contributed by atoms with Crippen LogP contribution in [0.4, 0.5) is 4.39 Å². The average molecular weight is 327 g/mol. The third-order valence-electron chi connectivity index (χ3n) is 4.76. The standard InChI is InChI=1S/C17H23FN2O.ClH/c18-14-4-2-13-3-5-16(15(13)11-14)20-17(21)6-1-12-7-9-19-10-8-12;/h2,4,11-12,16,19H,1,3,5-10H2,(H,20,21);1H. The van der Waals surface area contributed by atoms with Crippen LogP contribution >= 0.6 is 12.4 Å². The zero-order valence-corrected chi connectivity index (χ0v) is 13.6. The van der Waals surface area contributed by atoms with E-state index in [1.807, 2.05) is 6.07 Å². The van der Waals surface area contributed by atoms with E-state index in [9.17, 15) is 9.18 Å². The van der Waals surface area contributed by atoms with Gasteiger partial charge in [-0.3, -0.25) is 4.79 Å². The number of rotatable bonds is 4. The van der Waals surface area contributed by atoms with Crippen molar-refractivity contribution in [3.8, 4) is 0 Å². The molecule has 2 N–H and O–H groups in total. The van der Waals surface area contributed by atoms with Crippen molar-refractivity contribution in [1.29, 1.82) is 0 Å². The van der Waals surface area contributed by atoms with Gasteiger partial charge in [0.2, 0.25) is 5.91 Å². The van der Waals surface area contributed by atoms with Gasteiger partial charge < -0.3 is 10.6 Å². The van der Waals surface area contributed by atoms with Crippen LogP contribution in [-0.2, 0) is 11.2 Å². The lowest BCUT2D eigenvalue weighted by atomic mass is 9.93. The van der Waals surface area contributed by atoms with Gasteiger partial charge in [-0.2, -0.15) is 0 Å². The van der Waals surface area contributed by atoms with Gasteiger partial charge in [0.1, 0.15) is 5.82 Å². The summed E-state index contributed by atoms with van der Waals surface area (Å²) in [5.74, 6) is 0.561. The Labute approximate surface area is 137 Å². The van der Waals surface area contributed by atoms with Gasteiger partial charge in [-0.25, -0.2) is 4.39 Å². The van der Waals surface area contributed by atoms with Gasteiger partial charge in [0, 0.05) is 6.42 Å². The maximum absolute atomic E-state index is 13.3. The number of fused-ring (bicyclic) bond motifs is 1. The van der Waals surface area contributed by atoms with Crippen molar-refractivity contribution in [2.75, 3.05) is 13.1 Å². The molecule has 3 nitrogen and oxygen atoms in total. The van der Waals surface area contributed by atoms with E-state index in [1.165, 1.54) is 24.5 Å². The van der Waals surface area contributed by atoms with Gasteiger partial charge in [0.05, 0.1) is 6.04 Å². The molecule has 0 spiro atoms. The molecule has 3 rings (SSSR count). The molecular weight excluding hydrogens is 303 g/mol. The Morgan fingerprint density at radius 3 is 2.82 bits per heavy atom. The molecule has 1 aliphatic carbocycles. The molecular formula is C17H24ClFN2O. The van der Waals surface area contributed by atoms with E-state index in [0.717, 1.165) is 37.9 Å². The van der Waals surface area contributed by atoms with Gasteiger partial charge in [0.15, 0.2) is 0 Å². The maximum Gasteiger partial charge on any atom is 0.220 e. The highest BCUT2D eigenvalue weighted by Crippen LogP contribution is 2.31. The summed E-state index contributed by atoms with van der Waals surface area (Å²) in [6.07, 6.45) is 5.71. The Kier molecular flexibility index (Phi) is 6.21. The highest BCUT2D eigenvalue weighted by atomic mass is 35.5. The van der Waals surface area contributed by atoms with E-state index < -0.39 is 0 Å². The number of nitrogens with one attached hydrogen (secondary N) is 2. The topological polar surface area (TPSA) is 41.1 Å². The Morgan fingerprint density at radius 1 is 1.27 bits per heavy atom. The maximum atomic E-state index is 13.3. The fraction of sp³-hybridized carbons (Fsp3) is 0.588. The predicted molar refractivity (Wildman–Crippen MR) is 87.7 cm³/mol. The first-order chi connectivity index (χ1) is 10.2. The molecule has 5 heteroatoms. The predicted octanol–water partition coefficient (Wildman–Crippen LogP) is 3.13. The monoisotopic (exact) mass is 326 g/mol. The van der Waals surface area contributed by atoms with E-state index in [2.05, 4.69) is 10.6 Å². The molecule has 122 valence electrons. The summed E-state index contributed by atoms with van der Waals surface area (Å²) in [7, 11) is 0. The van der Waals surface area contributed by atoms with Crippen molar-refractivity contribution in [1.82, 2.24) is 10.6 Å². The number of carbonyl (C=O) groups is 1. The van der Waals surface area contributed by atoms with Crippen molar-refractivity contribution >= 4 is 18.3 Å².